The maximum absolute atomic E-state index is 11.7. The summed E-state index contributed by atoms with van der Waals surface area (Å²) in [6.45, 7) is 1.83. The van der Waals surface area contributed by atoms with Crippen molar-refractivity contribution in [2.24, 2.45) is 5.41 Å². The molecule has 0 saturated heterocycles. The summed E-state index contributed by atoms with van der Waals surface area (Å²) in [6.07, 6.45) is 2.62. The first-order valence-corrected chi connectivity index (χ1v) is 4.98. The molecule has 4 heteroatoms. The fourth-order valence-electron chi connectivity index (χ4n) is 1.78. The molecule has 0 aliphatic heterocycles. The number of amides is 1. The molecule has 2 N–H and O–H groups in total. The van der Waals surface area contributed by atoms with Gasteiger partial charge in [0.15, 0.2) is 0 Å². The van der Waals surface area contributed by atoms with Gasteiger partial charge < -0.3 is 10.4 Å². The predicted molar refractivity (Wildman–Crippen MR) is 51.2 cm³/mol. The van der Waals surface area contributed by atoms with E-state index < -0.39 is 11.5 Å². The fraction of sp³-hybridized carbons (Fsp3) is 0.800. The molecular formula is C10H16N2O2. The van der Waals surface area contributed by atoms with E-state index in [4.69, 9.17) is 10.4 Å². The molecule has 1 saturated carbocycles. The third-order valence-electron chi connectivity index (χ3n) is 2.66. The number of nitriles is 1. The van der Waals surface area contributed by atoms with E-state index in [9.17, 15) is 4.79 Å². The Labute approximate surface area is 83.9 Å². The highest BCUT2D eigenvalue weighted by Crippen LogP contribution is 2.37. The van der Waals surface area contributed by atoms with Gasteiger partial charge in [-0.25, -0.2) is 0 Å². The third kappa shape index (κ3) is 2.24. The van der Waals surface area contributed by atoms with Crippen LogP contribution in [-0.2, 0) is 4.79 Å². The van der Waals surface area contributed by atoms with Crippen LogP contribution in [0.4, 0.5) is 0 Å². The van der Waals surface area contributed by atoms with E-state index in [-0.39, 0.29) is 12.5 Å². The highest BCUT2D eigenvalue weighted by Gasteiger charge is 2.41. The first-order valence-electron chi connectivity index (χ1n) is 4.98. The Hall–Kier alpha value is -1.08. The van der Waals surface area contributed by atoms with Gasteiger partial charge in [-0.1, -0.05) is 12.8 Å². The van der Waals surface area contributed by atoms with Crippen molar-refractivity contribution in [2.45, 2.75) is 38.7 Å². The van der Waals surface area contributed by atoms with E-state index in [0.717, 1.165) is 12.8 Å². The van der Waals surface area contributed by atoms with Crippen LogP contribution in [0.3, 0.4) is 0 Å². The summed E-state index contributed by atoms with van der Waals surface area (Å²) in [5, 5.41) is 20.6. The number of aliphatic hydroxyl groups excluding tert-OH is 1. The number of hydrogen-bond donors (Lipinski definition) is 2. The highest BCUT2D eigenvalue weighted by atomic mass is 16.3. The summed E-state index contributed by atoms with van der Waals surface area (Å²) in [4.78, 5) is 11.7. The van der Waals surface area contributed by atoms with Crippen molar-refractivity contribution in [1.82, 2.24) is 5.32 Å². The molecule has 1 aliphatic carbocycles. The number of carbonyl (C=O) groups excluding carboxylic acids is 1. The predicted octanol–water partition coefficient (Wildman–Crippen LogP) is 0.567. The number of aliphatic hydroxyl groups is 1. The van der Waals surface area contributed by atoms with Gasteiger partial charge in [0.25, 0.3) is 0 Å². The van der Waals surface area contributed by atoms with Gasteiger partial charge >= 0.3 is 0 Å². The van der Waals surface area contributed by atoms with Gasteiger partial charge in [-0.05, 0) is 19.8 Å². The van der Waals surface area contributed by atoms with E-state index >= 15 is 0 Å². The van der Waals surface area contributed by atoms with Crippen LogP contribution >= 0.6 is 0 Å². The second-order valence-corrected chi connectivity index (χ2v) is 3.96. The molecule has 0 bridgehead atoms. The molecule has 0 aromatic carbocycles. The van der Waals surface area contributed by atoms with Crippen LogP contribution < -0.4 is 5.32 Å². The SMILES string of the molecule is CC(O)CNC(=O)C1(C#N)CCCC1. The van der Waals surface area contributed by atoms with Gasteiger partial charge in [0, 0.05) is 6.54 Å². The van der Waals surface area contributed by atoms with Gasteiger partial charge in [-0.15, -0.1) is 0 Å². The number of hydrogen-bond acceptors (Lipinski definition) is 3. The number of nitrogens with zero attached hydrogens (tertiary/aromatic N) is 1. The Morgan fingerprint density at radius 3 is 2.64 bits per heavy atom. The van der Waals surface area contributed by atoms with Crippen molar-refractivity contribution in [3.8, 4) is 6.07 Å². The zero-order valence-corrected chi connectivity index (χ0v) is 8.42. The van der Waals surface area contributed by atoms with Crippen molar-refractivity contribution in [2.75, 3.05) is 6.54 Å². The van der Waals surface area contributed by atoms with Crippen LogP contribution in [0.2, 0.25) is 0 Å². The average Bonchev–Trinajstić information content (AvgIpc) is 2.63. The minimum atomic E-state index is -0.825. The van der Waals surface area contributed by atoms with Crippen LogP contribution in [0, 0.1) is 16.7 Å². The maximum atomic E-state index is 11.7. The van der Waals surface area contributed by atoms with Crippen LogP contribution in [0.25, 0.3) is 0 Å². The molecule has 1 rings (SSSR count). The van der Waals surface area contributed by atoms with Crippen molar-refractivity contribution in [3.63, 3.8) is 0 Å². The summed E-state index contributed by atoms with van der Waals surface area (Å²) in [5.41, 5.74) is -0.825. The van der Waals surface area contributed by atoms with E-state index in [0.29, 0.717) is 12.8 Å². The Morgan fingerprint density at radius 1 is 1.64 bits per heavy atom. The minimum absolute atomic E-state index is 0.224. The van der Waals surface area contributed by atoms with Crippen molar-refractivity contribution >= 4 is 5.91 Å². The molecule has 14 heavy (non-hydrogen) atoms. The molecule has 1 atom stereocenters. The van der Waals surface area contributed by atoms with E-state index in [1.165, 1.54) is 0 Å². The van der Waals surface area contributed by atoms with Gasteiger partial charge in [0.1, 0.15) is 5.41 Å². The van der Waals surface area contributed by atoms with Crippen molar-refractivity contribution in [3.05, 3.63) is 0 Å². The van der Waals surface area contributed by atoms with E-state index in [1.54, 1.807) is 6.92 Å². The zero-order valence-electron chi connectivity index (χ0n) is 8.42. The Balaban J connectivity index is 2.53. The summed E-state index contributed by atoms with van der Waals surface area (Å²) < 4.78 is 0. The molecule has 0 aromatic heterocycles. The van der Waals surface area contributed by atoms with Crippen molar-refractivity contribution in [1.29, 1.82) is 5.26 Å². The number of rotatable bonds is 3. The molecule has 0 radical (unpaired) electrons. The molecule has 1 aliphatic rings. The number of carbonyl (C=O) groups is 1. The van der Waals surface area contributed by atoms with E-state index in [1.807, 2.05) is 0 Å². The summed E-state index contributed by atoms with van der Waals surface area (Å²) in [5.74, 6) is -0.224. The lowest BCUT2D eigenvalue weighted by Gasteiger charge is -2.19. The lowest BCUT2D eigenvalue weighted by atomic mass is 9.87. The first kappa shape index (κ1) is 11.0. The summed E-state index contributed by atoms with van der Waals surface area (Å²) >= 11 is 0. The first-order chi connectivity index (χ1) is 6.60. The number of nitrogens with one attached hydrogen (secondary N) is 1. The fourth-order valence-corrected chi connectivity index (χ4v) is 1.78. The largest absolute Gasteiger partial charge is 0.392 e. The topological polar surface area (TPSA) is 73.1 Å². The smallest absolute Gasteiger partial charge is 0.240 e. The van der Waals surface area contributed by atoms with Crippen LogP contribution in [-0.4, -0.2) is 23.7 Å². The molecule has 0 aromatic rings. The average molecular weight is 196 g/mol. The molecule has 4 nitrogen and oxygen atoms in total. The summed E-state index contributed by atoms with van der Waals surface area (Å²) in [6, 6.07) is 2.11. The molecule has 1 fully saturated rings. The Morgan fingerprint density at radius 2 is 2.21 bits per heavy atom. The highest BCUT2D eigenvalue weighted by molar-refractivity contribution is 5.85. The normalized spacial score (nSPS) is 21.2. The lowest BCUT2D eigenvalue weighted by molar-refractivity contribution is -0.128. The van der Waals surface area contributed by atoms with Gasteiger partial charge in [-0.3, -0.25) is 4.79 Å². The van der Waals surface area contributed by atoms with Gasteiger partial charge in [0.05, 0.1) is 12.2 Å². The maximum Gasteiger partial charge on any atom is 0.240 e. The summed E-state index contributed by atoms with van der Waals surface area (Å²) in [7, 11) is 0. The standard InChI is InChI=1S/C10H16N2O2/c1-8(13)6-12-9(14)10(7-11)4-2-3-5-10/h8,13H,2-6H2,1H3,(H,12,14). The van der Waals surface area contributed by atoms with Crippen LogP contribution in [0.1, 0.15) is 32.6 Å². The van der Waals surface area contributed by atoms with Crippen LogP contribution in [0.5, 0.6) is 0 Å². The second kappa shape index (κ2) is 4.43. The molecule has 0 spiro atoms. The second-order valence-electron chi connectivity index (χ2n) is 3.96. The zero-order chi connectivity index (χ0) is 10.6. The van der Waals surface area contributed by atoms with E-state index in [2.05, 4.69) is 11.4 Å². The Kier molecular flexibility index (Phi) is 3.48. The molecule has 1 amide bonds. The molecule has 0 heterocycles. The minimum Gasteiger partial charge on any atom is -0.392 e. The van der Waals surface area contributed by atoms with Crippen molar-refractivity contribution < 1.29 is 9.90 Å². The molecular weight excluding hydrogens is 180 g/mol. The Bertz CT molecular complexity index is 249. The monoisotopic (exact) mass is 196 g/mol. The van der Waals surface area contributed by atoms with Crippen LogP contribution in [0.15, 0.2) is 0 Å². The lowest BCUT2D eigenvalue weighted by Crippen LogP contribution is -2.41. The third-order valence-corrected chi connectivity index (χ3v) is 2.66. The molecule has 1 unspecified atom stereocenters. The quantitative estimate of drug-likeness (QED) is 0.693. The van der Waals surface area contributed by atoms with Gasteiger partial charge in [-0.2, -0.15) is 5.26 Å². The van der Waals surface area contributed by atoms with Gasteiger partial charge in [0.2, 0.25) is 5.91 Å². The molecule has 78 valence electrons.